The Balaban J connectivity index is 2.88. The van der Waals surface area contributed by atoms with E-state index in [1.165, 1.54) is 18.9 Å². The van der Waals surface area contributed by atoms with Gasteiger partial charge in [-0.15, -0.1) is 0 Å². The smallest absolute Gasteiger partial charge is 0.333 e. The largest absolute Gasteiger partial charge is 0.467 e. The molecule has 1 aromatic carbocycles. The number of thioether (sulfide) groups is 1. The topological polar surface area (TPSA) is 55.4 Å². The summed E-state index contributed by atoms with van der Waals surface area (Å²) < 4.78 is 5.61. The Hall–Kier alpha value is -1.01. The van der Waals surface area contributed by atoms with E-state index in [4.69, 9.17) is 4.74 Å². The Labute approximate surface area is 119 Å². The zero-order valence-electron chi connectivity index (χ0n) is 10.1. The van der Waals surface area contributed by atoms with Crippen LogP contribution < -0.4 is 5.32 Å². The van der Waals surface area contributed by atoms with Gasteiger partial charge in [0.1, 0.15) is 0 Å². The maximum Gasteiger partial charge on any atom is 0.333 e. The molecule has 1 N–H and O–H groups in total. The molecule has 0 radical (unpaired) electrons. The summed E-state index contributed by atoms with van der Waals surface area (Å²) in [7, 11) is 1.30. The molecule has 1 amide bonds. The normalized spacial score (nSPS) is 11.7. The van der Waals surface area contributed by atoms with E-state index in [9.17, 15) is 9.59 Å². The highest BCUT2D eigenvalue weighted by atomic mass is 79.9. The predicted octanol–water partition coefficient (Wildman–Crippen LogP) is 2.14. The lowest BCUT2D eigenvalue weighted by Gasteiger charge is -2.16. The van der Waals surface area contributed by atoms with Gasteiger partial charge in [0.05, 0.1) is 12.9 Å². The lowest BCUT2D eigenvalue weighted by atomic mass is 10.1. The zero-order chi connectivity index (χ0) is 13.5. The van der Waals surface area contributed by atoms with Crippen LogP contribution in [0.5, 0.6) is 0 Å². The summed E-state index contributed by atoms with van der Waals surface area (Å²) in [6.07, 6.45) is 1.83. The van der Waals surface area contributed by atoms with Crippen molar-refractivity contribution in [2.45, 2.75) is 6.04 Å². The average molecular weight is 332 g/mol. The van der Waals surface area contributed by atoms with Gasteiger partial charge in [0.15, 0.2) is 6.04 Å². The summed E-state index contributed by atoms with van der Waals surface area (Å²) in [4.78, 5) is 23.2. The van der Waals surface area contributed by atoms with Gasteiger partial charge in [-0.05, 0) is 24.0 Å². The molecule has 0 bridgehead atoms. The quantitative estimate of drug-likeness (QED) is 0.840. The Kier molecular flexibility index (Phi) is 6.21. The van der Waals surface area contributed by atoms with E-state index in [0.717, 1.165) is 4.47 Å². The van der Waals surface area contributed by atoms with E-state index in [0.29, 0.717) is 11.3 Å². The van der Waals surface area contributed by atoms with Gasteiger partial charge in [0.25, 0.3) is 0 Å². The molecule has 0 saturated heterocycles. The molecular weight excluding hydrogens is 318 g/mol. The van der Waals surface area contributed by atoms with E-state index in [1.807, 2.05) is 18.4 Å². The molecule has 0 unspecified atom stereocenters. The van der Waals surface area contributed by atoms with Crippen LogP contribution in [-0.4, -0.2) is 31.0 Å². The molecule has 0 aromatic heterocycles. The number of hydrogen-bond donors (Lipinski definition) is 1. The van der Waals surface area contributed by atoms with E-state index >= 15 is 0 Å². The fraction of sp³-hybridized carbons (Fsp3) is 0.333. The van der Waals surface area contributed by atoms with Crippen molar-refractivity contribution in [3.8, 4) is 0 Å². The number of carbonyl (C=O) groups excluding carboxylic acids is 2. The Morgan fingerprint density at radius 3 is 2.50 bits per heavy atom. The Morgan fingerprint density at radius 2 is 2.00 bits per heavy atom. The summed E-state index contributed by atoms with van der Waals surface area (Å²) in [5, 5.41) is 2.65. The predicted molar refractivity (Wildman–Crippen MR) is 75.4 cm³/mol. The highest BCUT2D eigenvalue weighted by Gasteiger charge is 2.23. The van der Waals surface area contributed by atoms with E-state index in [1.54, 1.807) is 12.1 Å². The second-order valence-electron chi connectivity index (χ2n) is 3.51. The first-order chi connectivity index (χ1) is 8.58. The first-order valence-electron chi connectivity index (χ1n) is 5.20. The first kappa shape index (κ1) is 15.0. The summed E-state index contributed by atoms with van der Waals surface area (Å²) in [5.41, 5.74) is 0.694. The SMILES string of the molecule is COC(=O)[C@H](NC(=O)CSC)c1ccc(Br)cc1. The number of ether oxygens (including phenoxy) is 1. The van der Waals surface area contributed by atoms with Crippen molar-refractivity contribution in [3.05, 3.63) is 34.3 Å². The second kappa shape index (κ2) is 7.43. The number of halogens is 1. The van der Waals surface area contributed by atoms with Gasteiger partial charge in [-0.2, -0.15) is 11.8 Å². The van der Waals surface area contributed by atoms with Crippen LogP contribution in [0, 0.1) is 0 Å². The molecule has 1 atom stereocenters. The van der Waals surface area contributed by atoms with Crippen molar-refractivity contribution in [2.24, 2.45) is 0 Å². The standard InChI is InChI=1S/C12H14BrNO3S/c1-17-12(16)11(14-10(15)7-18-2)8-3-5-9(13)6-4-8/h3-6,11H,7H2,1-2H3,(H,14,15)/t11-/m1/s1. The van der Waals surface area contributed by atoms with Gasteiger partial charge in [-0.3, -0.25) is 4.79 Å². The first-order valence-corrected chi connectivity index (χ1v) is 7.38. The summed E-state index contributed by atoms with van der Waals surface area (Å²) >= 11 is 4.71. The van der Waals surface area contributed by atoms with Gasteiger partial charge < -0.3 is 10.1 Å². The molecule has 0 saturated carbocycles. The molecule has 0 fully saturated rings. The zero-order valence-corrected chi connectivity index (χ0v) is 12.5. The number of esters is 1. The average Bonchev–Trinajstić information content (AvgIpc) is 2.36. The number of nitrogens with one attached hydrogen (secondary N) is 1. The van der Waals surface area contributed by atoms with Crippen LogP contribution in [0.15, 0.2) is 28.7 Å². The minimum Gasteiger partial charge on any atom is -0.467 e. The molecule has 98 valence electrons. The maximum absolute atomic E-state index is 11.7. The van der Waals surface area contributed by atoms with Crippen molar-refractivity contribution in [3.63, 3.8) is 0 Å². The van der Waals surface area contributed by atoms with E-state index < -0.39 is 12.0 Å². The van der Waals surface area contributed by atoms with Crippen LogP contribution >= 0.6 is 27.7 Å². The van der Waals surface area contributed by atoms with Crippen LogP contribution in [-0.2, 0) is 14.3 Å². The molecule has 0 aliphatic rings. The number of amides is 1. The highest BCUT2D eigenvalue weighted by molar-refractivity contribution is 9.10. The minimum atomic E-state index is -0.761. The molecule has 1 aromatic rings. The number of carbonyl (C=O) groups is 2. The molecule has 18 heavy (non-hydrogen) atoms. The maximum atomic E-state index is 11.7. The van der Waals surface area contributed by atoms with Crippen molar-refractivity contribution < 1.29 is 14.3 Å². The van der Waals surface area contributed by atoms with Crippen molar-refractivity contribution in [1.29, 1.82) is 0 Å². The summed E-state index contributed by atoms with van der Waals surface area (Å²) in [6.45, 7) is 0. The highest BCUT2D eigenvalue weighted by Crippen LogP contribution is 2.18. The van der Waals surface area contributed by atoms with Crippen LogP contribution in [0.1, 0.15) is 11.6 Å². The molecule has 6 heteroatoms. The molecule has 1 rings (SSSR count). The van der Waals surface area contributed by atoms with Crippen molar-refractivity contribution in [2.75, 3.05) is 19.1 Å². The number of hydrogen-bond acceptors (Lipinski definition) is 4. The van der Waals surface area contributed by atoms with Crippen molar-refractivity contribution >= 4 is 39.6 Å². The van der Waals surface area contributed by atoms with E-state index in [2.05, 4.69) is 21.2 Å². The fourth-order valence-electron chi connectivity index (χ4n) is 1.39. The Bertz CT molecular complexity index is 422. The number of methoxy groups -OCH3 is 1. The van der Waals surface area contributed by atoms with Crippen LogP contribution in [0.2, 0.25) is 0 Å². The molecule has 4 nitrogen and oxygen atoms in total. The van der Waals surface area contributed by atoms with E-state index in [-0.39, 0.29) is 5.91 Å². The molecular formula is C12H14BrNO3S. The van der Waals surface area contributed by atoms with Crippen LogP contribution in [0.4, 0.5) is 0 Å². The third-order valence-electron chi connectivity index (χ3n) is 2.22. The monoisotopic (exact) mass is 331 g/mol. The molecule has 0 aliphatic carbocycles. The van der Waals surface area contributed by atoms with Gasteiger partial charge in [-0.25, -0.2) is 4.79 Å². The summed E-state index contributed by atoms with van der Waals surface area (Å²) in [6, 6.07) is 6.40. The summed E-state index contributed by atoms with van der Waals surface area (Å²) in [5.74, 6) is -0.364. The third-order valence-corrected chi connectivity index (χ3v) is 3.30. The third kappa shape index (κ3) is 4.34. The molecule has 0 aliphatic heterocycles. The molecule has 0 heterocycles. The van der Waals surface area contributed by atoms with Gasteiger partial charge in [0.2, 0.25) is 5.91 Å². The van der Waals surface area contributed by atoms with Gasteiger partial charge >= 0.3 is 5.97 Å². The van der Waals surface area contributed by atoms with Crippen LogP contribution in [0.3, 0.4) is 0 Å². The lowest BCUT2D eigenvalue weighted by molar-refractivity contribution is -0.145. The Morgan fingerprint density at radius 1 is 1.39 bits per heavy atom. The molecule has 0 spiro atoms. The number of benzene rings is 1. The van der Waals surface area contributed by atoms with Crippen LogP contribution in [0.25, 0.3) is 0 Å². The minimum absolute atomic E-state index is 0.194. The van der Waals surface area contributed by atoms with Crippen molar-refractivity contribution in [1.82, 2.24) is 5.32 Å². The van der Waals surface area contributed by atoms with Gasteiger partial charge in [-0.1, -0.05) is 28.1 Å². The number of rotatable bonds is 5. The lowest BCUT2D eigenvalue weighted by Crippen LogP contribution is -2.35. The second-order valence-corrected chi connectivity index (χ2v) is 5.29. The fourth-order valence-corrected chi connectivity index (χ4v) is 2.00. The van der Waals surface area contributed by atoms with Gasteiger partial charge in [0, 0.05) is 4.47 Å².